The predicted octanol–water partition coefficient (Wildman–Crippen LogP) is 3.05. The first kappa shape index (κ1) is 15.4. The third-order valence-corrected chi connectivity index (χ3v) is 4.16. The summed E-state index contributed by atoms with van der Waals surface area (Å²) in [4.78, 5) is 14.5. The van der Waals surface area contributed by atoms with Crippen LogP contribution in [0.1, 0.15) is 18.1 Å². The molecule has 4 heteroatoms. The summed E-state index contributed by atoms with van der Waals surface area (Å²) in [5, 5.41) is 0. The number of fused-ring (bicyclic) bond motifs is 1. The maximum atomic E-state index is 12.6. The second kappa shape index (κ2) is 6.73. The smallest absolute Gasteiger partial charge is 0.263 e. The van der Waals surface area contributed by atoms with Gasteiger partial charge in [-0.2, -0.15) is 0 Å². The second-order valence-corrected chi connectivity index (χ2v) is 5.71. The molecule has 23 heavy (non-hydrogen) atoms. The molecule has 1 aliphatic heterocycles. The minimum Gasteiger partial charge on any atom is -0.497 e. The molecule has 120 valence electrons. The zero-order valence-corrected chi connectivity index (χ0v) is 13.5. The van der Waals surface area contributed by atoms with Gasteiger partial charge in [0.2, 0.25) is 0 Å². The molecular formula is C19H21NO3. The summed E-state index contributed by atoms with van der Waals surface area (Å²) in [6, 6.07) is 15.6. The largest absolute Gasteiger partial charge is 0.497 e. The highest BCUT2D eigenvalue weighted by Gasteiger charge is 2.25. The Labute approximate surface area is 136 Å². The van der Waals surface area contributed by atoms with Gasteiger partial charge in [0.05, 0.1) is 7.11 Å². The second-order valence-electron chi connectivity index (χ2n) is 5.71. The van der Waals surface area contributed by atoms with Crippen molar-refractivity contribution in [2.24, 2.45) is 0 Å². The van der Waals surface area contributed by atoms with Crippen molar-refractivity contribution >= 4 is 5.91 Å². The molecule has 0 unspecified atom stereocenters. The van der Waals surface area contributed by atoms with Crippen LogP contribution >= 0.6 is 0 Å². The van der Waals surface area contributed by atoms with Crippen molar-refractivity contribution in [2.75, 3.05) is 13.7 Å². The number of methoxy groups -OCH3 is 1. The van der Waals surface area contributed by atoms with Crippen LogP contribution in [0.3, 0.4) is 0 Å². The molecule has 0 fully saturated rings. The number of amides is 1. The lowest BCUT2D eigenvalue weighted by atomic mass is 9.99. The molecular weight excluding hydrogens is 290 g/mol. The molecule has 0 spiro atoms. The number of rotatable bonds is 4. The third kappa shape index (κ3) is 3.47. The average Bonchev–Trinajstić information content (AvgIpc) is 2.61. The van der Waals surface area contributed by atoms with Gasteiger partial charge in [-0.3, -0.25) is 4.79 Å². The van der Waals surface area contributed by atoms with Crippen molar-refractivity contribution in [3.8, 4) is 11.5 Å². The van der Waals surface area contributed by atoms with Gasteiger partial charge < -0.3 is 14.4 Å². The number of ether oxygens (including phenoxy) is 2. The van der Waals surface area contributed by atoms with Gasteiger partial charge in [-0.15, -0.1) is 0 Å². The van der Waals surface area contributed by atoms with Crippen LogP contribution in [-0.2, 0) is 17.8 Å². The highest BCUT2D eigenvalue weighted by atomic mass is 16.5. The summed E-state index contributed by atoms with van der Waals surface area (Å²) < 4.78 is 10.9. The van der Waals surface area contributed by atoms with Gasteiger partial charge in [0.15, 0.2) is 6.10 Å². The van der Waals surface area contributed by atoms with Crippen LogP contribution < -0.4 is 9.47 Å². The maximum absolute atomic E-state index is 12.6. The number of nitrogens with zero attached hydrogens (tertiary/aromatic N) is 1. The molecule has 1 aliphatic rings. The van der Waals surface area contributed by atoms with Crippen LogP contribution in [0.5, 0.6) is 11.5 Å². The van der Waals surface area contributed by atoms with E-state index in [4.69, 9.17) is 9.47 Å². The molecule has 1 atom stereocenters. The molecule has 0 aromatic heterocycles. The number of benzene rings is 2. The normalized spacial score (nSPS) is 14.8. The predicted molar refractivity (Wildman–Crippen MR) is 88.6 cm³/mol. The highest BCUT2D eigenvalue weighted by molar-refractivity contribution is 5.81. The van der Waals surface area contributed by atoms with E-state index >= 15 is 0 Å². The van der Waals surface area contributed by atoms with Gasteiger partial charge >= 0.3 is 0 Å². The fourth-order valence-electron chi connectivity index (χ4n) is 2.85. The van der Waals surface area contributed by atoms with Gasteiger partial charge in [-0.1, -0.05) is 24.3 Å². The van der Waals surface area contributed by atoms with E-state index in [0.717, 1.165) is 18.7 Å². The summed E-state index contributed by atoms with van der Waals surface area (Å²) in [6.45, 7) is 3.20. The van der Waals surface area contributed by atoms with Crippen molar-refractivity contribution < 1.29 is 14.3 Å². The van der Waals surface area contributed by atoms with E-state index in [1.165, 1.54) is 11.1 Å². The van der Waals surface area contributed by atoms with E-state index in [1.54, 1.807) is 14.0 Å². The first-order chi connectivity index (χ1) is 11.2. The summed E-state index contributed by atoms with van der Waals surface area (Å²) in [5.74, 6) is 1.46. The van der Waals surface area contributed by atoms with Gasteiger partial charge in [-0.25, -0.2) is 0 Å². The summed E-state index contributed by atoms with van der Waals surface area (Å²) >= 11 is 0. The van der Waals surface area contributed by atoms with Crippen LogP contribution in [-0.4, -0.2) is 30.6 Å². The highest BCUT2D eigenvalue weighted by Crippen LogP contribution is 2.21. The van der Waals surface area contributed by atoms with Crippen LogP contribution in [0, 0.1) is 0 Å². The van der Waals surface area contributed by atoms with Crippen LogP contribution in [0.2, 0.25) is 0 Å². The molecule has 3 rings (SSSR count). The lowest BCUT2D eigenvalue weighted by Crippen LogP contribution is -2.43. The van der Waals surface area contributed by atoms with E-state index < -0.39 is 6.10 Å². The van der Waals surface area contributed by atoms with Crippen molar-refractivity contribution in [3.63, 3.8) is 0 Å². The van der Waals surface area contributed by atoms with Crippen molar-refractivity contribution in [3.05, 3.63) is 59.7 Å². The van der Waals surface area contributed by atoms with Crippen molar-refractivity contribution in [1.82, 2.24) is 4.90 Å². The Hall–Kier alpha value is -2.49. The number of carbonyl (C=O) groups is 1. The molecule has 0 saturated heterocycles. The summed E-state index contributed by atoms with van der Waals surface area (Å²) in [6.07, 6.45) is 0.394. The van der Waals surface area contributed by atoms with Crippen LogP contribution in [0.15, 0.2) is 48.5 Å². The molecule has 0 bridgehead atoms. The van der Waals surface area contributed by atoms with Crippen molar-refractivity contribution in [2.45, 2.75) is 26.0 Å². The van der Waals surface area contributed by atoms with E-state index in [9.17, 15) is 4.79 Å². The molecule has 1 amide bonds. The first-order valence-electron chi connectivity index (χ1n) is 7.83. The summed E-state index contributed by atoms with van der Waals surface area (Å²) in [5.41, 5.74) is 2.56. The fourth-order valence-corrected chi connectivity index (χ4v) is 2.85. The van der Waals surface area contributed by atoms with Crippen molar-refractivity contribution in [1.29, 1.82) is 0 Å². The van der Waals surface area contributed by atoms with E-state index in [1.807, 2.05) is 41.3 Å². The molecule has 2 aromatic carbocycles. The topological polar surface area (TPSA) is 38.8 Å². The minimum absolute atomic E-state index is 0.0234. The number of carbonyl (C=O) groups excluding carboxylic acids is 1. The minimum atomic E-state index is -0.506. The molecule has 0 N–H and O–H groups in total. The van der Waals surface area contributed by atoms with Gasteiger partial charge in [-0.05, 0) is 48.7 Å². The summed E-state index contributed by atoms with van der Waals surface area (Å²) in [7, 11) is 1.62. The van der Waals surface area contributed by atoms with E-state index in [-0.39, 0.29) is 5.91 Å². The fraction of sp³-hybridized carbons (Fsp3) is 0.316. The quantitative estimate of drug-likeness (QED) is 0.871. The molecule has 2 aromatic rings. The Morgan fingerprint density at radius 2 is 1.70 bits per heavy atom. The molecule has 0 radical (unpaired) electrons. The lowest BCUT2D eigenvalue weighted by Gasteiger charge is -2.31. The third-order valence-electron chi connectivity index (χ3n) is 4.16. The number of hydrogen-bond acceptors (Lipinski definition) is 3. The standard InChI is InChI=1S/C19H21NO3/c1-14(23-18-9-7-17(22-2)8-10-18)19(21)20-12-11-15-5-3-4-6-16(15)13-20/h3-10,14H,11-13H2,1-2H3/t14-/m1/s1. The first-order valence-corrected chi connectivity index (χ1v) is 7.83. The molecule has 4 nitrogen and oxygen atoms in total. The van der Waals surface area contributed by atoms with Crippen LogP contribution in [0.25, 0.3) is 0 Å². The Morgan fingerprint density at radius 1 is 1.04 bits per heavy atom. The molecule has 0 aliphatic carbocycles. The van der Waals surface area contributed by atoms with Gasteiger partial charge in [0.1, 0.15) is 11.5 Å². The number of hydrogen-bond donors (Lipinski definition) is 0. The van der Waals surface area contributed by atoms with E-state index in [0.29, 0.717) is 12.3 Å². The molecule has 1 heterocycles. The maximum Gasteiger partial charge on any atom is 0.263 e. The monoisotopic (exact) mass is 311 g/mol. The Kier molecular flexibility index (Phi) is 4.51. The average molecular weight is 311 g/mol. The van der Waals surface area contributed by atoms with Gasteiger partial charge in [0, 0.05) is 13.1 Å². The zero-order chi connectivity index (χ0) is 16.2. The Bertz CT molecular complexity index is 681. The Balaban J connectivity index is 1.63. The van der Waals surface area contributed by atoms with Gasteiger partial charge in [0.25, 0.3) is 5.91 Å². The van der Waals surface area contributed by atoms with Crippen LogP contribution in [0.4, 0.5) is 0 Å². The molecule has 0 saturated carbocycles. The zero-order valence-electron chi connectivity index (χ0n) is 13.5. The van der Waals surface area contributed by atoms with E-state index in [2.05, 4.69) is 12.1 Å². The Morgan fingerprint density at radius 3 is 2.39 bits per heavy atom. The SMILES string of the molecule is COc1ccc(O[C@H](C)C(=O)N2CCc3ccccc3C2)cc1. The lowest BCUT2D eigenvalue weighted by molar-refractivity contribution is -0.138.